The van der Waals surface area contributed by atoms with Crippen molar-refractivity contribution in [3.8, 4) is 0 Å². The van der Waals surface area contributed by atoms with Gasteiger partial charge in [0.05, 0.1) is 6.61 Å². The Morgan fingerprint density at radius 2 is 2.00 bits per heavy atom. The van der Waals surface area contributed by atoms with E-state index < -0.39 is 11.6 Å². The maximum Gasteiger partial charge on any atom is 0.338 e. The lowest BCUT2D eigenvalue weighted by molar-refractivity contribution is -0.168. The summed E-state index contributed by atoms with van der Waals surface area (Å²) in [7, 11) is 0. The molecule has 0 heterocycles. The molecule has 0 bridgehead atoms. The molecular weight excluding hydrogens is 240 g/mol. The van der Waals surface area contributed by atoms with E-state index in [4.69, 9.17) is 4.74 Å². The maximum absolute atomic E-state index is 12.1. The largest absolute Gasteiger partial charge is 0.464 e. The van der Waals surface area contributed by atoms with Crippen molar-refractivity contribution >= 4 is 5.97 Å². The van der Waals surface area contributed by atoms with Gasteiger partial charge in [0, 0.05) is 5.92 Å². The molecule has 3 nitrogen and oxygen atoms in total. The maximum atomic E-state index is 12.1. The van der Waals surface area contributed by atoms with Crippen molar-refractivity contribution in [2.24, 2.45) is 0 Å². The van der Waals surface area contributed by atoms with Crippen LogP contribution in [0.1, 0.15) is 50.7 Å². The molecule has 0 aromatic heterocycles. The number of ether oxygens (including phenoxy) is 1. The fourth-order valence-corrected chi connectivity index (χ4v) is 2.46. The first kappa shape index (κ1) is 15.7. The minimum Gasteiger partial charge on any atom is -0.464 e. The molecule has 1 aromatic carbocycles. The first-order valence-corrected chi connectivity index (χ1v) is 6.92. The van der Waals surface area contributed by atoms with Crippen LogP contribution in [0.15, 0.2) is 24.3 Å². The summed E-state index contributed by atoms with van der Waals surface area (Å²) < 4.78 is 5.05. The van der Waals surface area contributed by atoms with Crippen molar-refractivity contribution < 1.29 is 14.6 Å². The zero-order chi connectivity index (χ0) is 14.5. The van der Waals surface area contributed by atoms with E-state index >= 15 is 0 Å². The molecule has 3 heteroatoms. The Bertz CT molecular complexity index is 428. The number of esters is 1. The molecule has 0 fully saturated rings. The van der Waals surface area contributed by atoms with Crippen molar-refractivity contribution in [2.45, 2.75) is 52.1 Å². The van der Waals surface area contributed by atoms with E-state index in [1.165, 1.54) is 0 Å². The van der Waals surface area contributed by atoms with Crippen LogP contribution in [0.4, 0.5) is 0 Å². The second-order valence-corrected chi connectivity index (χ2v) is 4.97. The lowest BCUT2D eigenvalue weighted by Crippen LogP contribution is -2.45. The van der Waals surface area contributed by atoms with Crippen LogP contribution < -0.4 is 0 Å². The molecular formula is C16H24O3. The fourth-order valence-electron chi connectivity index (χ4n) is 2.46. The highest BCUT2D eigenvalue weighted by atomic mass is 16.5. The number of rotatable bonds is 6. The van der Waals surface area contributed by atoms with Crippen LogP contribution in [0.25, 0.3) is 0 Å². The van der Waals surface area contributed by atoms with Gasteiger partial charge in [0.2, 0.25) is 0 Å². The minimum absolute atomic E-state index is 0.283. The van der Waals surface area contributed by atoms with Crippen LogP contribution in [0, 0.1) is 6.92 Å². The third-order valence-electron chi connectivity index (χ3n) is 3.63. The van der Waals surface area contributed by atoms with Gasteiger partial charge in [0.15, 0.2) is 5.60 Å². The second-order valence-electron chi connectivity index (χ2n) is 4.97. The summed E-state index contributed by atoms with van der Waals surface area (Å²) in [5, 5.41) is 10.8. The first-order valence-electron chi connectivity index (χ1n) is 6.92. The van der Waals surface area contributed by atoms with Crippen LogP contribution in [0.5, 0.6) is 0 Å². The summed E-state index contributed by atoms with van der Waals surface area (Å²) >= 11 is 0. The van der Waals surface area contributed by atoms with Crippen molar-refractivity contribution in [1.29, 1.82) is 0 Å². The van der Waals surface area contributed by atoms with Crippen molar-refractivity contribution in [3.05, 3.63) is 35.4 Å². The summed E-state index contributed by atoms with van der Waals surface area (Å²) in [6.45, 7) is 7.86. The number of benzene rings is 1. The normalized spacial score (nSPS) is 15.6. The van der Waals surface area contributed by atoms with Gasteiger partial charge in [0.25, 0.3) is 0 Å². The number of aliphatic hydroxyl groups is 1. The Hall–Kier alpha value is -1.35. The molecule has 0 saturated carbocycles. The minimum atomic E-state index is -1.45. The number of aryl methyl sites for hydroxylation is 1. The van der Waals surface area contributed by atoms with Gasteiger partial charge in [-0.05, 0) is 31.4 Å². The van der Waals surface area contributed by atoms with Crippen LogP contribution in [0.2, 0.25) is 0 Å². The van der Waals surface area contributed by atoms with Crippen LogP contribution in [-0.4, -0.2) is 23.3 Å². The predicted molar refractivity (Wildman–Crippen MR) is 76.1 cm³/mol. The number of hydrogen-bond donors (Lipinski definition) is 1. The number of hydrogen-bond acceptors (Lipinski definition) is 3. The smallest absolute Gasteiger partial charge is 0.338 e. The van der Waals surface area contributed by atoms with Gasteiger partial charge in [-0.2, -0.15) is 0 Å². The molecule has 1 rings (SSSR count). The first-order chi connectivity index (χ1) is 8.97. The molecule has 106 valence electrons. The molecule has 0 aliphatic rings. The van der Waals surface area contributed by atoms with E-state index in [1.54, 1.807) is 6.92 Å². The van der Waals surface area contributed by atoms with Gasteiger partial charge in [-0.1, -0.05) is 44.5 Å². The van der Waals surface area contributed by atoms with Gasteiger partial charge in [-0.15, -0.1) is 0 Å². The van der Waals surface area contributed by atoms with Gasteiger partial charge in [-0.3, -0.25) is 0 Å². The third kappa shape index (κ3) is 3.35. The fraction of sp³-hybridized carbons (Fsp3) is 0.562. The molecule has 1 N–H and O–H groups in total. The van der Waals surface area contributed by atoms with Gasteiger partial charge < -0.3 is 9.84 Å². The average Bonchev–Trinajstić information content (AvgIpc) is 2.39. The van der Waals surface area contributed by atoms with E-state index in [0.29, 0.717) is 6.42 Å². The summed E-state index contributed by atoms with van der Waals surface area (Å²) in [5.74, 6) is -0.805. The van der Waals surface area contributed by atoms with Gasteiger partial charge in [0.1, 0.15) is 0 Å². The highest BCUT2D eigenvalue weighted by molar-refractivity contribution is 5.80. The highest BCUT2D eigenvalue weighted by Gasteiger charge is 2.43. The summed E-state index contributed by atoms with van der Waals surface area (Å²) in [4.78, 5) is 12.1. The highest BCUT2D eigenvalue weighted by Crippen LogP contribution is 2.34. The molecule has 0 spiro atoms. The van der Waals surface area contributed by atoms with Crippen molar-refractivity contribution in [1.82, 2.24) is 0 Å². The molecule has 19 heavy (non-hydrogen) atoms. The molecule has 0 radical (unpaired) electrons. The molecule has 1 aromatic rings. The number of carbonyl (C=O) groups is 1. The van der Waals surface area contributed by atoms with E-state index in [9.17, 15) is 9.90 Å². The average molecular weight is 264 g/mol. The van der Waals surface area contributed by atoms with Gasteiger partial charge in [-0.25, -0.2) is 4.79 Å². The molecule has 2 atom stereocenters. The Labute approximate surface area is 115 Å². The predicted octanol–water partition coefficient (Wildman–Crippen LogP) is 3.19. The van der Waals surface area contributed by atoms with Crippen LogP contribution in [0.3, 0.4) is 0 Å². The van der Waals surface area contributed by atoms with E-state index in [-0.39, 0.29) is 12.5 Å². The van der Waals surface area contributed by atoms with Crippen LogP contribution in [-0.2, 0) is 9.53 Å². The zero-order valence-electron chi connectivity index (χ0n) is 12.3. The molecule has 2 unspecified atom stereocenters. The Morgan fingerprint density at radius 1 is 1.37 bits per heavy atom. The lowest BCUT2D eigenvalue weighted by atomic mass is 9.79. The molecule has 0 amide bonds. The molecule has 0 aliphatic heterocycles. The molecule has 0 aliphatic carbocycles. The lowest BCUT2D eigenvalue weighted by Gasteiger charge is -2.32. The van der Waals surface area contributed by atoms with Crippen LogP contribution >= 0.6 is 0 Å². The zero-order valence-corrected chi connectivity index (χ0v) is 12.3. The van der Waals surface area contributed by atoms with Gasteiger partial charge >= 0.3 is 5.97 Å². The SMILES string of the molecule is CCCC(O)(C(=O)OCC)C(C)c1ccccc1C. The number of carbonyl (C=O) groups excluding carboxylic acids is 1. The Morgan fingerprint density at radius 3 is 2.53 bits per heavy atom. The summed E-state index contributed by atoms with van der Waals surface area (Å²) in [5.41, 5.74) is 0.622. The summed E-state index contributed by atoms with van der Waals surface area (Å²) in [6.07, 6.45) is 1.13. The van der Waals surface area contributed by atoms with Crippen molar-refractivity contribution in [2.75, 3.05) is 6.61 Å². The summed E-state index contributed by atoms with van der Waals surface area (Å²) in [6, 6.07) is 7.83. The van der Waals surface area contributed by atoms with E-state index in [1.807, 2.05) is 45.0 Å². The Balaban J connectivity index is 3.11. The van der Waals surface area contributed by atoms with E-state index in [2.05, 4.69) is 0 Å². The quantitative estimate of drug-likeness (QED) is 0.803. The monoisotopic (exact) mass is 264 g/mol. The second kappa shape index (κ2) is 6.71. The van der Waals surface area contributed by atoms with Crippen molar-refractivity contribution in [3.63, 3.8) is 0 Å². The van der Waals surface area contributed by atoms with E-state index in [0.717, 1.165) is 17.5 Å². The third-order valence-corrected chi connectivity index (χ3v) is 3.63. The molecule has 0 saturated heterocycles. The standard InChI is InChI=1S/C16H24O3/c1-5-11-16(18,15(17)19-6-2)13(4)14-10-8-7-9-12(14)3/h7-10,13,18H,5-6,11H2,1-4H3. The topological polar surface area (TPSA) is 46.5 Å². The Kier molecular flexibility index (Phi) is 5.55.